The van der Waals surface area contributed by atoms with Crippen LogP contribution in [0.3, 0.4) is 0 Å². The van der Waals surface area contributed by atoms with E-state index >= 15 is 0 Å². The number of rotatable bonds is 7. The van der Waals surface area contributed by atoms with E-state index in [-0.39, 0.29) is 5.41 Å². The molecule has 30 heavy (non-hydrogen) atoms. The van der Waals surface area contributed by atoms with E-state index in [2.05, 4.69) is 101 Å². The third-order valence-corrected chi connectivity index (χ3v) is 6.55. The molecule has 3 N–H and O–H groups in total. The Kier molecular flexibility index (Phi) is 6.92. The molecule has 0 radical (unpaired) electrons. The molecule has 2 aromatic carbocycles. The van der Waals surface area contributed by atoms with Crippen LogP contribution < -0.4 is 16.0 Å². The van der Waals surface area contributed by atoms with Gasteiger partial charge in [0, 0.05) is 42.5 Å². The molecule has 1 aliphatic heterocycles. The first-order valence-corrected chi connectivity index (χ1v) is 11.2. The third-order valence-electron chi connectivity index (χ3n) is 6.55. The highest BCUT2D eigenvalue weighted by Gasteiger charge is 2.34. The van der Waals surface area contributed by atoms with Crippen molar-refractivity contribution in [1.82, 2.24) is 5.32 Å². The second-order valence-electron chi connectivity index (χ2n) is 9.58. The zero-order valence-corrected chi connectivity index (χ0v) is 19.9. The summed E-state index contributed by atoms with van der Waals surface area (Å²) in [4.78, 5) is 0. The van der Waals surface area contributed by atoms with Crippen LogP contribution in [0.2, 0.25) is 0 Å². The van der Waals surface area contributed by atoms with E-state index in [1.54, 1.807) is 0 Å². The molecule has 0 amide bonds. The van der Waals surface area contributed by atoms with Crippen LogP contribution in [0.15, 0.2) is 36.4 Å². The van der Waals surface area contributed by atoms with Crippen LogP contribution in [0.25, 0.3) is 0 Å². The van der Waals surface area contributed by atoms with Gasteiger partial charge in [0.2, 0.25) is 0 Å². The van der Waals surface area contributed by atoms with E-state index in [9.17, 15) is 0 Å². The molecule has 0 saturated heterocycles. The monoisotopic (exact) mass is 405 g/mol. The summed E-state index contributed by atoms with van der Waals surface area (Å²) in [6.07, 6.45) is 5.63. The van der Waals surface area contributed by atoms with Crippen molar-refractivity contribution in [2.45, 2.75) is 60.9 Å². The third kappa shape index (κ3) is 5.07. The van der Waals surface area contributed by atoms with Gasteiger partial charge in [-0.15, -0.1) is 0 Å². The largest absolute Gasteiger partial charge is 0.384 e. The summed E-state index contributed by atoms with van der Waals surface area (Å²) in [7, 11) is 0. The lowest BCUT2D eigenvalue weighted by atomic mass is 9.78. The second-order valence-corrected chi connectivity index (χ2v) is 9.58. The molecule has 0 aromatic heterocycles. The lowest BCUT2D eigenvalue weighted by Gasteiger charge is -2.40. The molecule has 1 atom stereocenters. The molecule has 3 heteroatoms. The van der Waals surface area contributed by atoms with Crippen molar-refractivity contribution in [2.24, 2.45) is 5.41 Å². The second kappa shape index (κ2) is 9.26. The van der Waals surface area contributed by atoms with Gasteiger partial charge in [0.1, 0.15) is 0 Å². The summed E-state index contributed by atoms with van der Waals surface area (Å²) in [5, 5.41) is 11.4. The van der Waals surface area contributed by atoms with Crippen LogP contribution in [0.1, 0.15) is 46.7 Å². The Morgan fingerprint density at radius 3 is 1.57 bits per heavy atom. The molecule has 0 saturated carbocycles. The fraction of sp³-hybridized carbons (Fsp3) is 0.481. The molecule has 3 nitrogen and oxygen atoms in total. The van der Waals surface area contributed by atoms with E-state index in [4.69, 9.17) is 0 Å². The van der Waals surface area contributed by atoms with Gasteiger partial charge in [0.25, 0.3) is 0 Å². The standard InChI is InChI=1S/C27H39N3/c1-18-12-20(3)25(21(4)13-18)29-16-27(7,24-10-8-9-11-28-24)17-30-26-22(5)14-19(2)15-23(26)6/h8-9,12-15,24,28-30H,10-11,16-17H2,1-7H3. The van der Waals surface area contributed by atoms with E-state index in [0.29, 0.717) is 6.04 Å². The van der Waals surface area contributed by atoms with Crippen molar-refractivity contribution >= 4 is 11.4 Å². The Bertz CT molecular complexity index is 818. The molecule has 1 heterocycles. The predicted molar refractivity (Wildman–Crippen MR) is 132 cm³/mol. The van der Waals surface area contributed by atoms with Gasteiger partial charge in [-0.3, -0.25) is 0 Å². The SMILES string of the molecule is Cc1cc(C)c(NCC(C)(CNc2c(C)cc(C)cc2C)C2CC=CCN2)c(C)c1. The molecule has 1 unspecified atom stereocenters. The number of nitrogens with one attached hydrogen (secondary N) is 3. The van der Waals surface area contributed by atoms with Crippen molar-refractivity contribution in [2.75, 3.05) is 30.3 Å². The van der Waals surface area contributed by atoms with E-state index in [1.165, 1.54) is 44.8 Å². The predicted octanol–water partition coefficient (Wildman–Crippen LogP) is 5.99. The summed E-state index contributed by atoms with van der Waals surface area (Å²) in [5.41, 5.74) is 10.6. The lowest BCUT2D eigenvalue weighted by molar-refractivity contribution is 0.247. The Balaban J connectivity index is 1.82. The topological polar surface area (TPSA) is 36.1 Å². The first kappa shape index (κ1) is 22.4. The normalized spacial score (nSPS) is 16.6. The molecular formula is C27H39N3. The van der Waals surface area contributed by atoms with Crippen LogP contribution in [0.5, 0.6) is 0 Å². The maximum atomic E-state index is 3.82. The van der Waals surface area contributed by atoms with Crippen molar-refractivity contribution in [3.8, 4) is 0 Å². The van der Waals surface area contributed by atoms with Gasteiger partial charge in [0.15, 0.2) is 0 Å². The number of anilines is 2. The summed E-state index contributed by atoms with van der Waals surface area (Å²) in [5.74, 6) is 0. The number of hydrogen-bond acceptors (Lipinski definition) is 3. The molecule has 0 spiro atoms. The van der Waals surface area contributed by atoms with Crippen molar-refractivity contribution < 1.29 is 0 Å². The summed E-state index contributed by atoms with van der Waals surface area (Å²) in [6.45, 7) is 18.4. The number of hydrogen-bond donors (Lipinski definition) is 3. The van der Waals surface area contributed by atoms with Gasteiger partial charge in [-0.2, -0.15) is 0 Å². The Labute approximate surface area is 183 Å². The van der Waals surface area contributed by atoms with Gasteiger partial charge < -0.3 is 16.0 Å². The van der Waals surface area contributed by atoms with Crippen molar-refractivity contribution in [1.29, 1.82) is 0 Å². The number of aryl methyl sites for hydroxylation is 6. The summed E-state index contributed by atoms with van der Waals surface area (Å²) >= 11 is 0. The highest BCUT2D eigenvalue weighted by molar-refractivity contribution is 5.59. The van der Waals surface area contributed by atoms with Crippen LogP contribution in [-0.2, 0) is 0 Å². The fourth-order valence-electron chi connectivity index (χ4n) is 4.95. The highest BCUT2D eigenvalue weighted by atomic mass is 15.0. The fourth-order valence-corrected chi connectivity index (χ4v) is 4.95. The quantitative estimate of drug-likeness (QED) is 0.496. The first-order valence-electron chi connectivity index (χ1n) is 11.2. The lowest BCUT2D eigenvalue weighted by Crippen LogP contribution is -2.52. The minimum atomic E-state index is 0.0539. The molecule has 1 aliphatic rings. The minimum absolute atomic E-state index is 0.0539. The Morgan fingerprint density at radius 1 is 0.767 bits per heavy atom. The molecule has 3 rings (SSSR count). The zero-order valence-electron chi connectivity index (χ0n) is 19.9. The van der Waals surface area contributed by atoms with Gasteiger partial charge in [0.05, 0.1) is 0 Å². The van der Waals surface area contributed by atoms with Gasteiger partial charge in [-0.1, -0.05) is 54.5 Å². The van der Waals surface area contributed by atoms with Gasteiger partial charge >= 0.3 is 0 Å². The summed E-state index contributed by atoms with van der Waals surface area (Å²) in [6, 6.07) is 9.51. The van der Waals surface area contributed by atoms with E-state index in [0.717, 1.165) is 26.1 Å². The highest BCUT2D eigenvalue weighted by Crippen LogP contribution is 2.31. The molecule has 2 aromatic rings. The van der Waals surface area contributed by atoms with E-state index < -0.39 is 0 Å². The summed E-state index contributed by atoms with van der Waals surface area (Å²) < 4.78 is 0. The van der Waals surface area contributed by atoms with Crippen LogP contribution in [-0.4, -0.2) is 25.7 Å². The van der Waals surface area contributed by atoms with Crippen molar-refractivity contribution in [3.63, 3.8) is 0 Å². The molecule has 0 fully saturated rings. The molecular weight excluding hydrogens is 366 g/mol. The molecule has 0 aliphatic carbocycles. The Morgan fingerprint density at radius 2 is 1.20 bits per heavy atom. The van der Waals surface area contributed by atoms with Gasteiger partial charge in [-0.25, -0.2) is 0 Å². The van der Waals surface area contributed by atoms with Crippen LogP contribution in [0, 0.1) is 47.0 Å². The van der Waals surface area contributed by atoms with E-state index in [1.807, 2.05) is 0 Å². The Hall–Kier alpha value is -2.26. The van der Waals surface area contributed by atoms with Crippen LogP contribution >= 0.6 is 0 Å². The molecule has 162 valence electrons. The minimum Gasteiger partial charge on any atom is -0.384 e. The van der Waals surface area contributed by atoms with Gasteiger partial charge in [-0.05, 0) is 70.2 Å². The molecule has 0 bridgehead atoms. The average molecular weight is 406 g/mol. The maximum Gasteiger partial charge on any atom is 0.0399 e. The smallest absolute Gasteiger partial charge is 0.0399 e. The average Bonchev–Trinajstić information content (AvgIpc) is 2.67. The number of benzene rings is 2. The maximum absolute atomic E-state index is 3.82. The van der Waals surface area contributed by atoms with Crippen molar-refractivity contribution in [3.05, 3.63) is 69.8 Å². The van der Waals surface area contributed by atoms with Crippen LogP contribution in [0.4, 0.5) is 11.4 Å². The zero-order chi connectivity index (χ0) is 21.9. The first-order chi connectivity index (χ1) is 14.2.